The molecular formula is C19H32N2. The zero-order valence-electron chi connectivity index (χ0n) is 14.0. The third-order valence-electron chi connectivity index (χ3n) is 4.98. The highest BCUT2D eigenvalue weighted by atomic mass is 15.1. The predicted octanol–water partition coefficient (Wildman–Crippen LogP) is 4.10. The van der Waals surface area contributed by atoms with Gasteiger partial charge in [0.15, 0.2) is 0 Å². The van der Waals surface area contributed by atoms with Gasteiger partial charge in [0.1, 0.15) is 0 Å². The zero-order chi connectivity index (χ0) is 15.1. The highest BCUT2D eigenvalue weighted by Gasteiger charge is 2.23. The van der Waals surface area contributed by atoms with E-state index >= 15 is 0 Å². The summed E-state index contributed by atoms with van der Waals surface area (Å²) in [4.78, 5) is 2.67. The van der Waals surface area contributed by atoms with Crippen molar-refractivity contribution >= 4 is 0 Å². The van der Waals surface area contributed by atoms with E-state index in [1.807, 2.05) is 0 Å². The van der Waals surface area contributed by atoms with Crippen LogP contribution < -0.4 is 5.32 Å². The molecule has 0 radical (unpaired) electrons. The molecule has 21 heavy (non-hydrogen) atoms. The lowest BCUT2D eigenvalue weighted by molar-refractivity contribution is 0.150. The molecule has 118 valence electrons. The van der Waals surface area contributed by atoms with Crippen molar-refractivity contribution in [1.82, 2.24) is 10.2 Å². The van der Waals surface area contributed by atoms with Crippen molar-refractivity contribution in [3.8, 4) is 0 Å². The first-order valence-electron chi connectivity index (χ1n) is 8.75. The first-order valence-corrected chi connectivity index (χ1v) is 8.75. The second-order valence-corrected chi connectivity index (χ2v) is 6.58. The Balaban J connectivity index is 1.92. The van der Waals surface area contributed by atoms with Gasteiger partial charge in [-0.25, -0.2) is 0 Å². The fourth-order valence-electron chi connectivity index (χ4n) is 3.62. The molecule has 0 spiro atoms. The number of hydrogen-bond donors (Lipinski definition) is 1. The van der Waals surface area contributed by atoms with Crippen LogP contribution in [0.3, 0.4) is 0 Å². The number of benzene rings is 1. The van der Waals surface area contributed by atoms with Gasteiger partial charge in [0.25, 0.3) is 0 Å². The molecule has 0 aromatic heterocycles. The molecule has 1 saturated heterocycles. The third-order valence-corrected chi connectivity index (χ3v) is 4.98. The average molecular weight is 288 g/mol. The Bertz CT molecular complexity index is 382. The second-order valence-electron chi connectivity index (χ2n) is 6.58. The van der Waals surface area contributed by atoms with E-state index in [2.05, 4.69) is 61.3 Å². The van der Waals surface area contributed by atoms with Crippen LogP contribution in [-0.4, -0.2) is 31.1 Å². The van der Waals surface area contributed by atoms with E-state index in [0.717, 1.165) is 12.5 Å². The smallest absolute Gasteiger partial charge is 0.0358 e. The fraction of sp³-hybridized carbons (Fsp3) is 0.684. The molecule has 2 heteroatoms. The Labute approximate surface area is 130 Å². The lowest BCUT2D eigenvalue weighted by atomic mass is 9.91. The molecule has 2 rings (SSSR count). The minimum atomic E-state index is 0.472. The maximum atomic E-state index is 3.68. The molecule has 1 aromatic rings. The Morgan fingerprint density at radius 2 is 1.81 bits per heavy atom. The number of rotatable bonds is 7. The Kier molecular flexibility index (Phi) is 6.72. The molecular weight excluding hydrogens is 256 g/mol. The predicted molar refractivity (Wildman–Crippen MR) is 91.5 cm³/mol. The molecule has 0 aliphatic carbocycles. The first-order chi connectivity index (χ1) is 10.2. The van der Waals surface area contributed by atoms with E-state index < -0.39 is 0 Å². The summed E-state index contributed by atoms with van der Waals surface area (Å²) in [6.07, 6.45) is 4.13. The number of piperidine rings is 1. The molecule has 1 N–H and O–H groups in total. The minimum Gasteiger partial charge on any atom is -0.310 e. The van der Waals surface area contributed by atoms with Crippen molar-refractivity contribution in [2.45, 2.75) is 46.1 Å². The van der Waals surface area contributed by atoms with Crippen LogP contribution in [0, 0.1) is 11.8 Å². The molecule has 0 bridgehead atoms. The number of hydrogen-bond acceptors (Lipinski definition) is 2. The molecule has 2 nitrogen and oxygen atoms in total. The fourth-order valence-corrected chi connectivity index (χ4v) is 3.62. The summed E-state index contributed by atoms with van der Waals surface area (Å²) < 4.78 is 0. The van der Waals surface area contributed by atoms with Crippen LogP contribution in [0.4, 0.5) is 0 Å². The van der Waals surface area contributed by atoms with Crippen LogP contribution in [0.5, 0.6) is 0 Å². The quantitative estimate of drug-likeness (QED) is 0.813. The van der Waals surface area contributed by atoms with Gasteiger partial charge in [-0.1, -0.05) is 57.5 Å². The van der Waals surface area contributed by atoms with Gasteiger partial charge in [-0.3, -0.25) is 0 Å². The molecule has 1 aromatic carbocycles. The van der Waals surface area contributed by atoms with Gasteiger partial charge in [0.05, 0.1) is 0 Å². The summed E-state index contributed by atoms with van der Waals surface area (Å²) in [5.74, 6) is 1.61. The van der Waals surface area contributed by atoms with Crippen LogP contribution >= 0.6 is 0 Å². The Morgan fingerprint density at radius 1 is 1.14 bits per heavy atom. The van der Waals surface area contributed by atoms with Crippen LogP contribution in [0.15, 0.2) is 30.3 Å². The van der Waals surface area contributed by atoms with Gasteiger partial charge >= 0.3 is 0 Å². The lowest BCUT2D eigenvalue weighted by Gasteiger charge is -2.35. The SMILES string of the molecule is CCNC(c1ccccc1)C(C)CN1CCC(CC)CC1. The van der Waals surface area contributed by atoms with Gasteiger partial charge in [-0.2, -0.15) is 0 Å². The van der Waals surface area contributed by atoms with Gasteiger partial charge in [0, 0.05) is 12.6 Å². The average Bonchev–Trinajstić information content (AvgIpc) is 2.54. The van der Waals surface area contributed by atoms with E-state index in [1.54, 1.807) is 0 Å². The van der Waals surface area contributed by atoms with Gasteiger partial charge in [0.2, 0.25) is 0 Å². The minimum absolute atomic E-state index is 0.472. The summed E-state index contributed by atoms with van der Waals surface area (Å²) >= 11 is 0. The number of likely N-dealkylation sites (tertiary alicyclic amines) is 1. The molecule has 0 saturated carbocycles. The van der Waals surface area contributed by atoms with E-state index in [4.69, 9.17) is 0 Å². The van der Waals surface area contributed by atoms with Crippen molar-refractivity contribution < 1.29 is 0 Å². The standard InChI is InChI=1S/C19H32N2/c1-4-17-11-13-21(14-12-17)15-16(3)19(20-5-2)18-9-7-6-8-10-18/h6-10,16-17,19-20H,4-5,11-15H2,1-3H3. The molecule has 2 atom stereocenters. The van der Waals surface area contributed by atoms with Crippen molar-refractivity contribution in [3.05, 3.63) is 35.9 Å². The van der Waals surface area contributed by atoms with Gasteiger partial charge in [-0.05, 0) is 49.9 Å². The summed E-state index contributed by atoms with van der Waals surface area (Å²) in [5.41, 5.74) is 1.43. The van der Waals surface area contributed by atoms with E-state index in [-0.39, 0.29) is 0 Å². The van der Waals surface area contributed by atoms with Crippen molar-refractivity contribution in [2.24, 2.45) is 11.8 Å². The highest BCUT2D eigenvalue weighted by Crippen LogP contribution is 2.25. The zero-order valence-corrected chi connectivity index (χ0v) is 14.0. The van der Waals surface area contributed by atoms with Crippen molar-refractivity contribution in [1.29, 1.82) is 0 Å². The maximum absolute atomic E-state index is 3.68. The summed E-state index contributed by atoms with van der Waals surface area (Å²) in [5, 5.41) is 3.68. The van der Waals surface area contributed by atoms with Crippen molar-refractivity contribution in [3.63, 3.8) is 0 Å². The molecule has 1 aliphatic heterocycles. The summed E-state index contributed by atoms with van der Waals surface area (Å²) in [6, 6.07) is 11.4. The monoisotopic (exact) mass is 288 g/mol. The third kappa shape index (κ3) is 4.82. The maximum Gasteiger partial charge on any atom is 0.0358 e. The highest BCUT2D eigenvalue weighted by molar-refractivity contribution is 5.19. The molecule has 2 unspecified atom stereocenters. The molecule has 1 aliphatic rings. The number of nitrogens with zero attached hydrogens (tertiary/aromatic N) is 1. The normalized spacial score (nSPS) is 20.3. The summed E-state index contributed by atoms with van der Waals surface area (Å²) in [6.45, 7) is 11.7. The van der Waals surface area contributed by atoms with Gasteiger partial charge in [-0.15, -0.1) is 0 Å². The Hall–Kier alpha value is -0.860. The summed E-state index contributed by atoms with van der Waals surface area (Å²) in [7, 11) is 0. The van der Waals surface area contributed by atoms with Crippen molar-refractivity contribution in [2.75, 3.05) is 26.2 Å². The van der Waals surface area contributed by atoms with Gasteiger partial charge < -0.3 is 10.2 Å². The van der Waals surface area contributed by atoms with Crippen LogP contribution in [0.2, 0.25) is 0 Å². The largest absolute Gasteiger partial charge is 0.310 e. The topological polar surface area (TPSA) is 15.3 Å². The molecule has 0 amide bonds. The van der Waals surface area contributed by atoms with E-state index in [1.165, 1.54) is 44.5 Å². The van der Waals surface area contributed by atoms with E-state index in [0.29, 0.717) is 12.0 Å². The van der Waals surface area contributed by atoms with Crippen LogP contribution in [0.1, 0.15) is 51.6 Å². The van der Waals surface area contributed by atoms with Crippen LogP contribution in [0.25, 0.3) is 0 Å². The molecule has 1 heterocycles. The number of nitrogens with one attached hydrogen (secondary N) is 1. The lowest BCUT2D eigenvalue weighted by Crippen LogP contribution is -2.40. The van der Waals surface area contributed by atoms with E-state index in [9.17, 15) is 0 Å². The van der Waals surface area contributed by atoms with Crippen LogP contribution in [-0.2, 0) is 0 Å². The molecule has 1 fully saturated rings. The Morgan fingerprint density at radius 3 is 2.38 bits per heavy atom. The first kappa shape index (κ1) is 16.5. The second kappa shape index (κ2) is 8.55.